The number of likely N-dealkylation sites (tertiary alicyclic amines) is 1. The maximum Gasteiger partial charge on any atom is 0.245 e. The zero-order chi connectivity index (χ0) is 21.7. The molecule has 2 atom stereocenters. The van der Waals surface area contributed by atoms with Gasteiger partial charge in [-0.2, -0.15) is 0 Å². The Bertz CT molecular complexity index is 1290. The SMILES string of the molecule is O=C(C1N[C@@H](c2ncc(-c3ccc(F)cc3)[nH]2)Cc2c1[nH]c1ccccc21)N1CCCC1. The van der Waals surface area contributed by atoms with Gasteiger partial charge in [-0.1, -0.05) is 18.2 Å². The fourth-order valence-corrected chi connectivity index (χ4v) is 5.02. The zero-order valence-electron chi connectivity index (χ0n) is 17.6. The Labute approximate surface area is 184 Å². The van der Waals surface area contributed by atoms with Crippen molar-refractivity contribution in [3.63, 3.8) is 0 Å². The van der Waals surface area contributed by atoms with Crippen molar-refractivity contribution in [1.82, 2.24) is 25.2 Å². The van der Waals surface area contributed by atoms with Crippen LogP contribution in [0.25, 0.3) is 22.2 Å². The molecule has 3 N–H and O–H groups in total. The van der Waals surface area contributed by atoms with Gasteiger partial charge in [-0.3, -0.25) is 10.1 Å². The number of aromatic nitrogens is 3. The van der Waals surface area contributed by atoms with Crippen molar-refractivity contribution in [2.24, 2.45) is 0 Å². The minimum atomic E-state index is -0.436. The van der Waals surface area contributed by atoms with E-state index in [1.165, 1.54) is 17.7 Å². The molecule has 162 valence electrons. The Balaban J connectivity index is 1.38. The van der Waals surface area contributed by atoms with Crippen molar-refractivity contribution in [3.05, 3.63) is 77.6 Å². The lowest BCUT2D eigenvalue weighted by Gasteiger charge is -2.32. The standard InChI is InChI=1S/C25H24FN5O/c26-16-9-7-15(8-10-16)21-14-27-24(30-21)20-13-18-17-5-1-2-6-19(17)28-22(18)23(29-20)25(32)31-11-3-4-12-31/h1-2,5-10,14,20,23,28-29H,3-4,11-13H2,(H,27,30)/t20-,23?/m1/s1. The minimum absolute atomic E-state index is 0.116. The summed E-state index contributed by atoms with van der Waals surface area (Å²) in [7, 11) is 0. The number of aromatic amines is 2. The lowest BCUT2D eigenvalue weighted by Crippen LogP contribution is -2.44. The van der Waals surface area contributed by atoms with Crippen molar-refractivity contribution >= 4 is 16.8 Å². The Morgan fingerprint density at radius 1 is 1.03 bits per heavy atom. The highest BCUT2D eigenvalue weighted by Crippen LogP contribution is 2.37. The summed E-state index contributed by atoms with van der Waals surface area (Å²) in [6, 6.07) is 14.0. The summed E-state index contributed by atoms with van der Waals surface area (Å²) < 4.78 is 13.3. The van der Waals surface area contributed by atoms with Gasteiger partial charge in [-0.05, 0) is 60.7 Å². The van der Waals surface area contributed by atoms with E-state index < -0.39 is 6.04 Å². The van der Waals surface area contributed by atoms with Crippen LogP contribution in [0.15, 0.2) is 54.7 Å². The van der Waals surface area contributed by atoms with E-state index in [2.05, 4.69) is 32.4 Å². The fraction of sp³-hybridized carbons (Fsp3) is 0.280. The second-order valence-corrected chi connectivity index (χ2v) is 8.64. The highest BCUT2D eigenvalue weighted by atomic mass is 19.1. The predicted molar refractivity (Wildman–Crippen MR) is 120 cm³/mol. The first-order chi connectivity index (χ1) is 15.7. The van der Waals surface area contributed by atoms with Gasteiger partial charge < -0.3 is 14.9 Å². The van der Waals surface area contributed by atoms with Crippen LogP contribution >= 0.6 is 0 Å². The monoisotopic (exact) mass is 429 g/mol. The van der Waals surface area contributed by atoms with E-state index in [1.54, 1.807) is 18.3 Å². The van der Waals surface area contributed by atoms with Crippen LogP contribution < -0.4 is 5.32 Å². The number of nitrogens with one attached hydrogen (secondary N) is 3. The van der Waals surface area contributed by atoms with Gasteiger partial charge >= 0.3 is 0 Å². The number of hydrogen-bond donors (Lipinski definition) is 3. The molecule has 2 aliphatic heterocycles. The van der Waals surface area contributed by atoms with Crippen molar-refractivity contribution in [2.75, 3.05) is 13.1 Å². The molecule has 1 saturated heterocycles. The van der Waals surface area contributed by atoms with E-state index in [1.807, 2.05) is 17.0 Å². The van der Waals surface area contributed by atoms with E-state index in [0.717, 1.165) is 66.0 Å². The number of carbonyl (C=O) groups is 1. The van der Waals surface area contributed by atoms with Crippen LogP contribution in [0.5, 0.6) is 0 Å². The number of halogens is 1. The molecule has 6 nitrogen and oxygen atoms in total. The second-order valence-electron chi connectivity index (χ2n) is 8.64. The molecule has 0 aliphatic carbocycles. The largest absolute Gasteiger partial charge is 0.356 e. The Morgan fingerprint density at radius 3 is 2.62 bits per heavy atom. The molecule has 6 rings (SSSR count). The number of hydrogen-bond acceptors (Lipinski definition) is 3. The maximum atomic E-state index is 13.5. The first-order valence-corrected chi connectivity index (χ1v) is 11.1. The first kappa shape index (κ1) is 19.3. The number of amides is 1. The summed E-state index contributed by atoms with van der Waals surface area (Å²) >= 11 is 0. The number of nitrogens with zero attached hydrogens (tertiary/aromatic N) is 2. The molecule has 0 saturated carbocycles. The normalized spacial score (nSPS) is 20.6. The molecular formula is C25H24FN5O. The lowest BCUT2D eigenvalue weighted by atomic mass is 9.93. The van der Waals surface area contributed by atoms with Gasteiger partial charge in [0.2, 0.25) is 5.91 Å². The van der Waals surface area contributed by atoms with Crippen LogP contribution in [0.2, 0.25) is 0 Å². The van der Waals surface area contributed by atoms with Crippen LogP contribution in [0, 0.1) is 5.82 Å². The van der Waals surface area contributed by atoms with Gasteiger partial charge in [-0.25, -0.2) is 9.37 Å². The smallest absolute Gasteiger partial charge is 0.245 e. The van der Waals surface area contributed by atoms with E-state index >= 15 is 0 Å². The first-order valence-electron chi connectivity index (χ1n) is 11.1. The van der Waals surface area contributed by atoms with Gasteiger partial charge in [0.05, 0.1) is 17.9 Å². The molecular weight excluding hydrogens is 405 g/mol. The number of carbonyl (C=O) groups excluding carboxylic acids is 1. The number of fused-ring (bicyclic) bond motifs is 3. The Hall–Kier alpha value is -3.45. The molecule has 1 unspecified atom stereocenters. The molecule has 32 heavy (non-hydrogen) atoms. The van der Waals surface area contributed by atoms with E-state index in [-0.39, 0.29) is 17.8 Å². The predicted octanol–water partition coefficient (Wildman–Crippen LogP) is 4.25. The number of imidazole rings is 1. The van der Waals surface area contributed by atoms with Crippen molar-refractivity contribution in [2.45, 2.75) is 31.3 Å². The third kappa shape index (κ3) is 3.20. The quantitative estimate of drug-likeness (QED) is 0.456. The van der Waals surface area contributed by atoms with Crippen molar-refractivity contribution in [3.8, 4) is 11.3 Å². The number of benzene rings is 2. The lowest BCUT2D eigenvalue weighted by molar-refractivity contribution is -0.133. The molecule has 4 aromatic rings. The fourth-order valence-electron chi connectivity index (χ4n) is 5.02. The number of para-hydroxylation sites is 1. The van der Waals surface area contributed by atoms with Gasteiger partial charge in [0.25, 0.3) is 0 Å². The summed E-state index contributed by atoms with van der Waals surface area (Å²) in [5, 5.41) is 4.71. The number of H-pyrrole nitrogens is 2. The van der Waals surface area contributed by atoms with Crippen LogP contribution in [-0.2, 0) is 11.2 Å². The van der Waals surface area contributed by atoms with Crippen molar-refractivity contribution in [1.29, 1.82) is 0 Å². The molecule has 4 heterocycles. The third-order valence-corrected chi connectivity index (χ3v) is 6.66. The number of rotatable bonds is 3. The van der Waals surface area contributed by atoms with E-state index in [4.69, 9.17) is 0 Å². The molecule has 7 heteroatoms. The van der Waals surface area contributed by atoms with Gasteiger partial charge in [0.1, 0.15) is 17.7 Å². The molecule has 0 spiro atoms. The summed E-state index contributed by atoms with van der Waals surface area (Å²) in [5.74, 6) is 0.627. The summed E-state index contributed by atoms with van der Waals surface area (Å²) in [5.41, 5.74) is 4.88. The topological polar surface area (TPSA) is 76.8 Å². The van der Waals surface area contributed by atoms with Crippen LogP contribution in [0.4, 0.5) is 4.39 Å². The Kier molecular flexibility index (Phi) is 4.57. The maximum absolute atomic E-state index is 13.5. The van der Waals surface area contributed by atoms with E-state index in [0.29, 0.717) is 0 Å². The zero-order valence-corrected chi connectivity index (χ0v) is 17.6. The van der Waals surface area contributed by atoms with E-state index in [9.17, 15) is 9.18 Å². The summed E-state index contributed by atoms with van der Waals surface area (Å²) in [4.78, 5) is 26.9. The highest BCUT2D eigenvalue weighted by Gasteiger charge is 2.38. The molecule has 1 amide bonds. The highest BCUT2D eigenvalue weighted by molar-refractivity contribution is 5.90. The summed E-state index contributed by atoms with van der Waals surface area (Å²) in [6.45, 7) is 1.62. The summed E-state index contributed by atoms with van der Waals surface area (Å²) in [6.07, 6.45) is 4.60. The minimum Gasteiger partial charge on any atom is -0.356 e. The van der Waals surface area contributed by atoms with Gasteiger partial charge in [-0.15, -0.1) is 0 Å². The van der Waals surface area contributed by atoms with Crippen LogP contribution in [-0.4, -0.2) is 38.8 Å². The molecule has 0 radical (unpaired) electrons. The van der Waals surface area contributed by atoms with Crippen molar-refractivity contribution < 1.29 is 9.18 Å². The Morgan fingerprint density at radius 2 is 1.81 bits per heavy atom. The molecule has 1 fully saturated rings. The average molecular weight is 429 g/mol. The van der Waals surface area contributed by atoms with Crippen LogP contribution in [0.1, 0.15) is 42.0 Å². The average Bonchev–Trinajstić information content (AvgIpc) is 3.58. The third-order valence-electron chi connectivity index (χ3n) is 6.66. The van der Waals surface area contributed by atoms with Gasteiger partial charge in [0, 0.05) is 29.7 Å². The molecule has 2 aromatic carbocycles. The molecule has 2 aromatic heterocycles. The molecule has 2 aliphatic rings. The molecule has 0 bridgehead atoms. The van der Waals surface area contributed by atoms with Gasteiger partial charge in [0.15, 0.2) is 0 Å². The second kappa shape index (κ2) is 7.60. The van der Waals surface area contributed by atoms with Crippen LogP contribution in [0.3, 0.4) is 0 Å².